The van der Waals surface area contributed by atoms with E-state index in [9.17, 15) is 0 Å². The largest absolute Gasteiger partial charge is 0.322 e. The van der Waals surface area contributed by atoms with E-state index in [1.807, 2.05) is 6.92 Å². The van der Waals surface area contributed by atoms with Crippen molar-refractivity contribution in [1.29, 1.82) is 0 Å². The van der Waals surface area contributed by atoms with E-state index in [0.29, 0.717) is 0 Å². The Morgan fingerprint density at radius 3 is 2.38 bits per heavy atom. The summed E-state index contributed by atoms with van der Waals surface area (Å²) in [7, 11) is 0. The maximum absolute atomic E-state index is 5.70. The average molecular weight is 199 g/mol. The van der Waals surface area contributed by atoms with Gasteiger partial charge in [0.1, 0.15) is 10.0 Å². The molecule has 0 bridgehead atoms. The lowest BCUT2D eigenvalue weighted by Gasteiger charge is -2.14. The van der Waals surface area contributed by atoms with Crippen LogP contribution in [0.25, 0.3) is 0 Å². The zero-order valence-electron chi connectivity index (χ0n) is 8.66. The Morgan fingerprint density at radius 1 is 1.38 bits per heavy atom. The summed E-state index contributed by atoms with van der Waals surface area (Å²) in [5, 5.41) is 10.2. The van der Waals surface area contributed by atoms with Crippen LogP contribution in [0.4, 0.5) is 0 Å². The Bertz CT molecular complexity index is 273. The van der Waals surface area contributed by atoms with Gasteiger partial charge in [-0.3, -0.25) is 0 Å². The zero-order chi connectivity index (χ0) is 10.1. The van der Waals surface area contributed by atoms with Crippen LogP contribution >= 0.6 is 11.3 Å². The molecule has 0 fully saturated rings. The van der Waals surface area contributed by atoms with Gasteiger partial charge in [0.05, 0.1) is 6.04 Å². The number of nitrogens with zero attached hydrogens (tertiary/aromatic N) is 2. The highest BCUT2D eigenvalue weighted by Gasteiger charge is 2.15. The van der Waals surface area contributed by atoms with Crippen LogP contribution in [-0.4, -0.2) is 10.2 Å². The Hall–Kier alpha value is -0.480. The molecule has 0 amide bonds. The molecule has 74 valence electrons. The minimum atomic E-state index is 0.00576. The molecule has 1 unspecified atom stereocenters. The molecule has 0 saturated heterocycles. The van der Waals surface area contributed by atoms with Gasteiger partial charge in [-0.1, -0.05) is 32.1 Å². The van der Waals surface area contributed by atoms with Crippen LogP contribution in [0, 0.1) is 5.41 Å². The number of hydrogen-bond donors (Lipinski definition) is 1. The predicted molar refractivity (Wildman–Crippen MR) is 55.7 cm³/mol. The SMILES string of the molecule is CC(N)c1nnc(CC(C)(C)C)s1. The van der Waals surface area contributed by atoms with Gasteiger partial charge in [-0.05, 0) is 12.3 Å². The molecule has 1 aromatic rings. The summed E-state index contributed by atoms with van der Waals surface area (Å²) in [5.74, 6) is 0. The molecule has 2 N–H and O–H groups in total. The van der Waals surface area contributed by atoms with Gasteiger partial charge in [-0.15, -0.1) is 10.2 Å². The van der Waals surface area contributed by atoms with Crippen LogP contribution in [-0.2, 0) is 6.42 Å². The third-order valence-electron chi connectivity index (χ3n) is 1.55. The van der Waals surface area contributed by atoms with E-state index in [0.717, 1.165) is 16.4 Å². The van der Waals surface area contributed by atoms with Crippen molar-refractivity contribution in [2.24, 2.45) is 11.1 Å². The van der Waals surface area contributed by atoms with Gasteiger partial charge in [-0.2, -0.15) is 0 Å². The fourth-order valence-corrected chi connectivity index (χ4v) is 2.07. The highest BCUT2D eigenvalue weighted by Crippen LogP contribution is 2.24. The molecule has 0 radical (unpaired) electrons. The van der Waals surface area contributed by atoms with Crippen molar-refractivity contribution in [2.75, 3.05) is 0 Å². The lowest BCUT2D eigenvalue weighted by atomic mass is 9.93. The first-order valence-corrected chi connectivity index (χ1v) is 5.28. The third kappa shape index (κ3) is 3.40. The minimum Gasteiger partial charge on any atom is -0.322 e. The van der Waals surface area contributed by atoms with Crippen molar-refractivity contribution >= 4 is 11.3 Å². The van der Waals surface area contributed by atoms with Gasteiger partial charge in [0.25, 0.3) is 0 Å². The molecule has 0 aliphatic carbocycles. The fourth-order valence-electron chi connectivity index (χ4n) is 0.976. The first kappa shape index (κ1) is 10.6. The van der Waals surface area contributed by atoms with Crippen molar-refractivity contribution in [3.05, 3.63) is 10.0 Å². The zero-order valence-corrected chi connectivity index (χ0v) is 9.48. The van der Waals surface area contributed by atoms with Gasteiger partial charge in [0.2, 0.25) is 0 Å². The monoisotopic (exact) mass is 199 g/mol. The topological polar surface area (TPSA) is 51.8 Å². The van der Waals surface area contributed by atoms with Crippen LogP contribution in [0.3, 0.4) is 0 Å². The lowest BCUT2D eigenvalue weighted by Crippen LogP contribution is -2.08. The van der Waals surface area contributed by atoms with Crippen LogP contribution < -0.4 is 5.73 Å². The van der Waals surface area contributed by atoms with Crippen molar-refractivity contribution < 1.29 is 0 Å². The van der Waals surface area contributed by atoms with Crippen molar-refractivity contribution in [3.63, 3.8) is 0 Å². The standard InChI is InChI=1S/C9H17N3S/c1-6(10)8-12-11-7(13-8)5-9(2,3)4/h6H,5,10H2,1-4H3. The number of rotatable bonds is 2. The summed E-state index contributed by atoms with van der Waals surface area (Å²) in [6, 6.07) is 0.00576. The predicted octanol–water partition coefficient (Wildman–Crippen LogP) is 2.15. The number of hydrogen-bond acceptors (Lipinski definition) is 4. The van der Waals surface area contributed by atoms with Crippen LogP contribution in [0.1, 0.15) is 43.8 Å². The van der Waals surface area contributed by atoms with Crippen molar-refractivity contribution in [2.45, 2.75) is 40.2 Å². The van der Waals surface area contributed by atoms with E-state index in [1.54, 1.807) is 11.3 Å². The normalized spacial score (nSPS) is 14.5. The van der Waals surface area contributed by atoms with E-state index in [1.165, 1.54) is 0 Å². The third-order valence-corrected chi connectivity index (χ3v) is 2.68. The molecular formula is C9H17N3S. The molecule has 1 rings (SSSR count). The molecule has 0 aromatic carbocycles. The first-order valence-electron chi connectivity index (χ1n) is 4.46. The van der Waals surface area contributed by atoms with E-state index in [4.69, 9.17) is 5.73 Å². The molecular weight excluding hydrogens is 182 g/mol. The van der Waals surface area contributed by atoms with E-state index >= 15 is 0 Å². The number of nitrogens with two attached hydrogens (primary N) is 1. The first-order chi connectivity index (χ1) is 5.88. The molecule has 0 saturated carbocycles. The summed E-state index contributed by atoms with van der Waals surface area (Å²) >= 11 is 1.62. The molecule has 1 atom stereocenters. The smallest absolute Gasteiger partial charge is 0.133 e. The molecule has 1 aromatic heterocycles. The molecule has 3 nitrogen and oxygen atoms in total. The van der Waals surface area contributed by atoms with E-state index < -0.39 is 0 Å². The van der Waals surface area contributed by atoms with Gasteiger partial charge in [-0.25, -0.2) is 0 Å². The maximum Gasteiger partial charge on any atom is 0.133 e. The van der Waals surface area contributed by atoms with Crippen LogP contribution in [0.15, 0.2) is 0 Å². The Morgan fingerprint density at radius 2 is 2.00 bits per heavy atom. The minimum absolute atomic E-state index is 0.00576. The Kier molecular flexibility index (Phi) is 3.03. The van der Waals surface area contributed by atoms with Gasteiger partial charge >= 0.3 is 0 Å². The Balaban J connectivity index is 2.70. The molecule has 0 aliphatic heterocycles. The van der Waals surface area contributed by atoms with Gasteiger partial charge in [0.15, 0.2) is 0 Å². The Labute approximate surface area is 83.4 Å². The summed E-state index contributed by atoms with van der Waals surface area (Å²) in [4.78, 5) is 0. The summed E-state index contributed by atoms with van der Waals surface area (Å²) in [5.41, 5.74) is 5.97. The molecule has 4 heteroatoms. The second-order valence-corrected chi connectivity index (χ2v) is 5.65. The summed E-state index contributed by atoms with van der Waals surface area (Å²) in [6.45, 7) is 8.52. The summed E-state index contributed by atoms with van der Waals surface area (Å²) in [6.07, 6.45) is 0.970. The van der Waals surface area contributed by atoms with E-state index in [-0.39, 0.29) is 11.5 Å². The van der Waals surface area contributed by atoms with Crippen LogP contribution in [0.5, 0.6) is 0 Å². The van der Waals surface area contributed by atoms with E-state index in [2.05, 4.69) is 31.0 Å². The fraction of sp³-hybridized carbons (Fsp3) is 0.778. The van der Waals surface area contributed by atoms with Crippen molar-refractivity contribution in [1.82, 2.24) is 10.2 Å². The molecule has 13 heavy (non-hydrogen) atoms. The maximum atomic E-state index is 5.70. The quantitative estimate of drug-likeness (QED) is 0.794. The highest BCUT2D eigenvalue weighted by atomic mass is 32.1. The highest BCUT2D eigenvalue weighted by molar-refractivity contribution is 7.11. The average Bonchev–Trinajstić information content (AvgIpc) is 2.31. The second-order valence-electron chi connectivity index (χ2n) is 4.56. The van der Waals surface area contributed by atoms with Gasteiger partial charge < -0.3 is 5.73 Å². The molecule has 0 spiro atoms. The van der Waals surface area contributed by atoms with Gasteiger partial charge in [0, 0.05) is 6.42 Å². The lowest BCUT2D eigenvalue weighted by molar-refractivity contribution is 0.409. The summed E-state index contributed by atoms with van der Waals surface area (Å²) < 4.78 is 0. The molecule has 1 heterocycles. The number of aromatic nitrogens is 2. The molecule has 0 aliphatic rings. The van der Waals surface area contributed by atoms with Crippen molar-refractivity contribution in [3.8, 4) is 0 Å². The van der Waals surface area contributed by atoms with Crippen LogP contribution in [0.2, 0.25) is 0 Å². The second kappa shape index (κ2) is 3.72.